The van der Waals surface area contributed by atoms with Crippen LogP contribution in [-0.4, -0.2) is 54.3 Å². The van der Waals surface area contributed by atoms with Crippen molar-refractivity contribution in [2.45, 2.75) is 13.3 Å². The first-order valence-corrected chi connectivity index (χ1v) is 7.12. The molecule has 0 radical (unpaired) electrons. The molecule has 0 unspecified atom stereocenters. The molecule has 5 heteroatoms. The van der Waals surface area contributed by atoms with Crippen molar-refractivity contribution in [3.8, 4) is 0 Å². The predicted molar refractivity (Wildman–Crippen MR) is 76.8 cm³/mol. The van der Waals surface area contributed by atoms with Gasteiger partial charge in [0, 0.05) is 37.4 Å². The second-order valence-corrected chi connectivity index (χ2v) is 5.32. The first-order chi connectivity index (χ1) is 9.67. The third kappa shape index (κ3) is 2.41. The Bertz CT molecular complexity index is 548. The molecule has 1 saturated heterocycles. The number of carbonyl (C=O) groups is 2. The van der Waals surface area contributed by atoms with Crippen LogP contribution in [0, 0.1) is 0 Å². The molecule has 0 aromatic heterocycles. The van der Waals surface area contributed by atoms with Crippen LogP contribution in [0.1, 0.15) is 22.8 Å². The van der Waals surface area contributed by atoms with E-state index in [2.05, 4.69) is 17.1 Å². The highest BCUT2D eigenvalue weighted by molar-refractivity contribution is 6.02. The average Bonchev–Trinajstić information content (AvgIpc) is 2.85. The first-order valence-electron chi connectivity index (χ1n) is 7.12. The van der Waals surface area contributed by atoms with E-state index < -0.39 is 0 Å². The molecule has 0 atom stereocenters. The number of piperazine rings is 1. The van der Waals surface area contributed by atoms with E-state index in [0.29, 0.717) is 12.0 Å². The highest BCUT2D eigenvalue weighted by Gasteiger charge is 2.23. The van der Waals surface area contributed by atoms with Gasteiger partial charge < -0.3 is 15.1 Å². The van der Waals surface area contributed by atoms with Crippen molar-refractivity contribution in [2.24, 2.45) is 0 Å². The molecule has 1 fully saturated rings. The number of benzene rings is 1. The van der Waals surface area contributed by atoms with Crippen LogP contribution in [0.3, 0.4) is 0 Å². The standard InChI is InChI=1S/C15H19N3O2/c1-2-17-5-7-18(8-6-17)15(20)12-4-3-11-10-14(19)16-13(11)9-12/h3-4,9H,2,5-8,10H2,1H3,(H,16,19). The third-order valence-corrected chi connectivity index (χ3v) is 4.09. The van der Waals surface area contributed by atoms with E-state index in [1.165, 1.54) is 0 Å². The van der Waals surface area contributed by atoms with Crippen LogP contribution < -0.4 is 5.32 Å². The predicted octanol–water partition coefficient (Wildman–Crippen LogP) is 0.959. The molecule has 0 saturated carbocycles. The minimum absolute atomic E-state index is 0.00107. The second-order valence-electron chi connectivity index (χ2n) is 5.32. The number of anilines is 1. The van der Waals surface area contributed by atoms with Crippen molar-refractivity contribution in [2.75, 3.05) is 38.0 Å². The maximum atomic E-state index is 12.5. The Kier molecular flexibility index (Phi) is 3.44. The van der Waals surface area contributed by atoms with Crippen molar-refractivity contribution >= 4 is 17.5 Å². The van der Waals surface area contributed by atoms with Crippen molar-refractivity contribution in [3.63, 3.8) is 0 Å². The van der Waals surface area contributed by atoms with E-state index in [9.17, 15) is 9.59 Å². The van der Waals surface area contributed by atoms with Crippen LogP contribution in [0.5, 0.6) is 0 Å². The summed E-state index contributed by atoms with van der Waals surface area (Å²) in [5.74, 6) is 0.0610. The summed E-state index contributed by atoms with van der Waals surface area (Å²) >= 11 is 0. The molecule has 1 aromatic rings. The summed E-state index contributed by atoms with van der Waals surface area (Å²) in [6.07, 6.45) is 0.416. The first kappa shape index (κ1) is 13.1. The highest BCUT2D eigenvalue weighted by Crippen LogP contribution is 2.24. The topological polar surface area (TPSA) is 52.6 Å². The van der Waals surface area contributed by atoms with Gasteiger partial charge in [0.1, 0.15) is 0 Å². The summed E-state index contributed by atoms with van der Waals surface area (Å²) in [6.45, 7) is 6.59. The Balaban J connectivity index is 1.72. The Morgan fingerprint density at radius 3 is 2.70 bits per heavy atom. The average molecular weight is 273 g/mol. The molecule has 2 aliphatic rings. The molecular weight excluding hydrogens is 254 g/mol. The molecule has 1 aromatic carbocycles. The lowest BCUT2D eigenvalue weighted by atomic mass is 10.1. The van der Waals surface area contributed by atoms with Gasteiger partial charge in [0.15, 0.2) is 0 Å². The van der Waals surface area contributed by atoms with Gasteiger partial charge in [-0.05, 0) is 24.2 Å². The van der Waals surface area contributed by atoms with E-state index >= 15 is 0 Å². The number of nitrogens with zero attached hydrogens (tertiary/aromatic N) is 2. The van der Waals surface area contributed by atoms with Gasteiger partial charge in [-0.3, -0.25) is 9.59 Å². The van der Waals surface area contributed by atoms with E-state index in [0.717, 1.165) is 44.0 Å². The van der Waals surface area contributed by atoms with Crippen LogP contribution in [0.4, 0.5) is 5.69 Å². The number of amides is 2. The van der Waals surface area contributed by atoms with Gasteiger partial charge in [-0.2, -0.15) is 0 Å². The largest absolute Gasteiger partial charge is 0.336 e. The number of rotatable bonds is 2. The Labute approximate surface area is 118 Å². The lowest BCUT2D eigenvalue weighted by Crippen LogP contribution is -2.48. The van der Waals surface area contributed by atoms with Crippen molar-refractivity contribution in [1.82, 2.24) is 9.80 Å². The fourth-order valence-corrected chi connectivity index (χ4v) is 2.80. The Hall–Kier alpha value is -1.88. The zero-order valence-corrected chi connectivity index (χ0v) is 11.7. The van der Waals surface area contributed by atoms with Crippen molar-refractivity contribution in [3.05, 3.63) is 29.3 Å². The summed E-state index contributed by atoms with van der Waals surface area (Å²) in [4.78, 5) is 28.0. The normalized spacial score (nSPS) is 18.9. The molecule has 5 nitrogen and oxygen atoms in total. The number of likely N-dealkylation sites (N-methyl/N-ethyl adjacent to an activating group) is 1. The quantitative estimate of drug-likeness (QED) is 0.873. The van der Waals surface area contributed by atoms with Gasteiger partial charge in [0.05, 0.1) is 6.42 Å². The zero-order valence-electron chi connectivity index (χ0n) is 11.7. The van der Waals surface area contributed by atoms with Crippen LogP contribution in [-0.2, 0) is 11.2 Å². The fraction of sp³-hybridized carbons (Fsp3) is 0.467. The number of hydrogen-bond acceptors (Lipinski definition) is 3. The Morgan fingerprint density at radius 2 is 2.00 bits per heavy atom. The molecule has 106 valence electrons. The lowest BCUT2D eigenvalue weighted by molar-refractivity contribution is -0.115. The molecule has 2 aliphatic heterocycles. The number of nitrogens with one attached hydrogen (secondary N) is 1. The molecule has 0 aliphatic carbocycles. The smallest absolute Gasteiger partial charge is 0.254 e. The van der Waals surface area contributed by atoms with Crippen LogP contribution in [0.2, 0.25) is 0 Å². The molecular formula is C15H19N3O2. The maximum Gasteiger partial charge on any atom is 0.254 e. The highest BCUT2D eigenvalue weighted by atomic mass is 16.2. The van der Waals surface area contributed by atoms with E-state index in [1.807, 2.05) is 17.0 Å². The van der Waals surface area contributed by atoms with Crippen LogP contribution in [0.15, 0.2) is 18.2 Å². The van der Waals surface area contributed by atoms with Crippen LogP contribution in [0.25, 0.3) is 0 Å². The number of carbonyl (C=O) groups excluding carboxylic acids is 2. The molecule has 2 amide bonds. The zero-order chi connectivity index (χ0) is 14.1. The monoisotopic (exact) mass is 273 g/mol. The van der Waals surface area contributed by atoms with Gasteiger partial charge in [-0.1, -0.05) is 13.0 Å². The molecule has 0 bridgehead atoms. The van der Waals surface area contributed by atoms with E-state index in [4.69, 9.17) is 0 Å². The van der Waals surface area contributed by atoms with Gasteiger partial charge in [0.25, 0.3) is 5.91 Å². The Morgan fingerprint density at radius 1 is 1.25 bits per heavy atom. The fourth-order valence-electron chi connectivity index (χ4n) is 2.80. The molecule has 1 N–H and O–H groups in total. The second kappa shape index (κ2) is 5.25. The minimum Gasteiger partial charge on any atom is -0.336 e. The van der Waals surface area contributed by atoms with E-state index in [-0.39, 0.29) is 11.8 Å². The van der Waals surface area contributed by atoms with E-state index in [1.54, 1.807) is 6.07 Å². The lowest BCUT2D eigenvalue weighted by Gasteiger charge is -2.34. The number of fused-ring (bicyclic) bond motifs is 1. The van der Waals surface area contributed by atoms with Gasteiger partial charge in [0.2, 0.25) is 5.91 Å². The maximum absolute atomic E-state index is 12.5. The summed E-state index contributed by atoms with van der Waals surface area (Å²) in [5.41, 5.74) is 2.42. The molecule has 2 heterocycles. The summed E-state index contributed by atoms with van der Waals surface area (Å²) in [6, 6.07) is 5.51. The number of hydrogen-bond donors (Lipinski definition) is 1. The molecule has 20 heavy (non-hydrogen) atoms. The SMILES string of the molecule is CCN1CCN(C(=O)c2ccc3c(c2)NC(=O)C3)CC1. The summed E-state index contributed by atoms with van der Waals surface area (Å²) < 4.78 is 0. The molecule has 0 spiro atoms. The molecule has 3 rings (SSSR count). The van der Waals surface area contributed by atoms with Crippen molar-refractivity contribution < 1.29 is 9.59 Å². The van der Waals surface area contributed by atoms with Gasteiger partial charge in [-0.15, -0.1) is 0 Å². The van der Waals surface area contributed by atoms with Crippen LogP contribution >= 0.6 is 0 Å². The third-order valence-electron chi connectivity index (χ3n) is 4.09. The summed E-state index contributed by atoms with van der Waals surface area (Å²) in [5, 5.41) is 2.79. The van der Waals surface area contributed by atoms with Crippen molar-refractivity contribution in [1.29, 1.82) is 0 Å². The van der Waals surface area contributed by atoms with Gasteiger partial charge >= 0.3 is 0 Å². The minimum atomic E-state index is 0.00107. The summed E-state index contributed by atoms with van der Waals surface area (Å²) in [7, 11) is 0. The van der Waals surface area contributed by atoms with Gasteiger partial charge in [-0.25, -0.2) is 0 Å².